The summed E-state index contributed by atoms with van der Waals surface area (Å²) in [5.41, 5.74) is 2.09. The molecule has 0 fully saturated rings. The van der Waals surface area contributed by atoms with Gasteiger partial charge in [0.05, 0.1) is 20.3 Å². The number of fused-ring (bicyclic) bond motifs is 1. The number of nitriles is 1. The van der Waals surface area contributed by atoms with E-state index in [4.69, 9.17) is 14.2 Å². The van der Waals surface area contributed by atoms with E-state index < -0.39 is 5.54 Å². The Morgan fingerprint density at radius 1 is 0.846 bits per heavy atom. The van der Waals surface area contributed by atoms with Crippen molar-refractivity contribution in [3.63, 3.8) is 0 Å². The Balaban J connectivity index is 1.72. The maximum atomic E-state index is 14.0. The van der Waals surface area contributed by atoms with E-state index in [1.54, 1.807) is 44.7 Å². The van der Waals surface area contributed by atoms with Crippen LogP contribution in [0.25, 0.3) is 6.08 Å². The Bertz CT molecular complexity index is 1540. The average molecular weight is 517 g/mol. The zero-order chi connectivity index (χ0) is 27.2. The van der Waals surface area contributed by atoms with Gasteiger partial charge in [0.1, 0.15) is 12.4 Å². The largest absolute Gasteiger partial charge is 0.496 e. The van der Waals surface area contributed by atoms with Gasteiger partial charge in [0.15, 0.2) is 17.0 Å². The van der Waals surface area contributed by atoms with E-state index in [-0.39, 0.29) is 18.9 Å². The van der Waals surface area contributed by atoms with Crippen LogP contribution in [-0.4, -0.2) is 25.0 Å². The summed E-state index contributed by atoms with van der Waals surface area (Å²) in [6, 6.07) is 32.5. The number of carbonyl (C=O) groups excluding carboxylic acids is 1. The summed E-state index contributed by atoms with van der Waals surface area (Å²) in [5, 5.41) is 11.0. The molecule has 6 heteroatoms. The van der Waals surface area contributed by atoms with Crippen molar-refractivity contribution in [3.8, 4) is 23.3 Å². The molecular formula is C33H28N2O4. The summed E-state index contributed by atoms with van der Waals surface area (Å²) in [6.07, 6.45) is 3.69. The fourth-order valence-corrected chi connectivity index (χ4v) is 4.99. The molecule has 1 unspecified atom stereocenters. The second-order valence-corrected chi connectivity index (χ2v) is 9.15. The first kappa shape index (κ1) is 25.6. The van der Waals surface area contributed by atoms with Gasteiger partial charge in [-0.15, -0.1) is 0 Å². The Kier molecular flexibility index (Phi) is 7.33. The SMILES string of the molecule is COc1ccccc1CC1(C#N)c2c(ccc(OC)c2OCc2ccccc2)C=CN1C(=O)c1ccccc1. The molecule has 5 rings (SSSR count). The summed E-state index contributed by atoms with van der Waals surface area (Å²) >= 11 is 0. The van der Waals surface area contributed by atoms with Crippen LogP contribution in [-0.2, 0) is 18.6 Å². The standard InChI is InChI=1S/C33H28N2O4/c1-37-28-16-10-9-15-27(28)21-33(23-34)30-25(19-20-35(33)32(36)26-13-7-4-8-14-26)17-18-29(38-2)31(30)39-22-24-11-5-3-6-12-24/h3-20H,21-22H2,1-2H3. The number of benzene rings is 4. The summed E-state index contributed by atoms with van der Waals surface area (Å²) in [7, 11) is 3.16. The number of carbonyl (C=O) groups is 1. The van der Waals surface area contributed by atoms with Crippen molar-refractivity contribution in [3.05, 3.63) is 131 Å². The summed E-state index contributed by atoms with van der Waals surface area (Å²) in [5.74, 6) is 1.23. The number of para-hydroxylation sites is 1. The zero-order valence-electron chi connectivity index (χ0n) is 21.8. The van der Waals surface area contributed by atoms with Crippen LogP contribution in [0.2, 0.25) is 0 Å². The predicted molar refractivity (Wildman–Crippen MR) is 149 cm³/mol. The van der Waals surface area contributed by atoms with Gasteiger partial charge >= 0.3 is 0 Å². The van der Waals surface area contributed by atoms with Crippen LogP contribution < -0.4 is 14.2 Å². The molecule has 6 nitrogen and oxygen atoms in total. The minimum absolute atomic E-state index is 0.165. The highest BCUT2D eigenvalue weighted by Crippen LogP contribution is 2.48. The number of nitrogens with zero attached hydrogens (tertiary/aromatic N) is 2. The van der Waals surface area contributed by atoms with Crippen LogP contribution in [0.5, 0.6) is 17.2 Å². The van der Waals surface area contributed by atoms with Gasteiger partial charge in [-0.1, -0.05) is 72.8 Å². The first-order valence-electron chi connectivity index (χ1n) is 12.6. The number of hydrogen-bond donors (Lipinski definition) is 0. The lowest BCUT2D eigenvalue weighted by molar-refractivity contribution is 0.0691. The van der Waals surface area contributed by atoms with Gasteiger partial charge in [-0.25, -0.2) is 0 Å². The third-order valence-corrected chi connectivity index (χ3v) is 6.89. The predicted octanol–water partition coefficient (Wildman–Crippen LogP) is 6.37. The maximum absolute atomic E-state index is 14.0. The summed E-state index contributed by atoms with van der Waals surface area (Å²) < 4.78 is 17.8. The molecule has 0 saturated carbocycles. The van der Waals surface area contributed by atoms with Crippen molar-refractivity contribution < 1.29 is 19.0 Å². The van der Waals surface area contributed by atoms with Crippen molar-refractivity contribution >= 4 is 12.0 Å². The van der Waals surface area contributed by atoms with E-state index in [1.165, 1.54) is 4.90 Å². The van der Waals surface area contributed by atoms with Gasteiger partial charge in [0, 0.05) is 23.7 Å². The molecule has 4 aromatic rings. The number of methoxy groups -OCH3 is 2. The minimum atomic E-state index is -1.47. The van der Waals surface area contributed by atoms with Crippen molar-refractivity contribution in [2.24, 2.45) is 0 Å². The highest BCUT2D eigenvalue weighted by Gasteiger charge is 2.48. The lowest BCUT2D eigenvalue weighted by atomic mass is 9.77. The number of ether oxygens (including phenoxy) is 3. The molecule has 1 aliphatic rings. The molecule has 0 spiro atoms. The summed E-state index contributed by atoms with van der Waals surface area (Å²) in [6.45, 7) is 0.264. The smallest absolute Gasteiger partial charge is 0.259 e. The lowest BCUT2D eigenvalue weighted by Crippen LogP contribution is -2.49. The second kappa shape index (κ2) is 11.2. The van der Waals surface area contributed by atoms with Gasteiger partial charge in [-0.3, -0.25) is 9.69 Å². The Morgan fingerprint density at radius 2 is 1.51 bits per heavy atom. The summed E-state index contributed by atoms with van der Waals surface area (Å²) in [4.78, 5) is 15.5. The van der Waals surface area contributed by atoms with Crippen molar-refractivity contribution in [1.82, 2.24) is 4.90 Å². The van der Waals surface area contributed by atoms with Crippen LogP contribution in [0.4, 0.5) is 0 Å². The zero-order valence-corrected chi connectivity index (χ0v) is 21.8. The number of rotatable bonds is 8. The Labute approximate surface area is 228 Å². The molecule has 39 heavy (non-hydrogen) atoms. The van der Waals surface area contributed by atoms with Gasteiger partial charge in [0.25, 0.3) is 5.91 Å². The quantitative estimate of drug-likeness (QED) is 0.272. The van der Waals surface area contributed by atoms with Crippen molar-refractivity contribution in [1.29, 1.82) is 5.26 Å². The Hall–Kier alpha value is -5.02. The molecule has 0 bridgehead atoms. The molecule has 1 atom stereocenters. The van der Waals surface area contributed by atoms with Crippen molar-refractivity contribution in [2.75, 3.05) is 14.2 Å². The van der Waals surface area contributed by atoms with E-state index in [0.717, 1.165) is 16.7 Å². The van der Waals surface area contributed by atoms with Gasteiger partial charge < -0.3 is 14.2 Å². The van der Waals surface area contributed by atoms with Gasteiger partial charge in [-0.2, -0.15) is 5.26 Å². The molecule has 0 aliphatic carbocycles. The highest BCUT2D eigenvalue weighted by atomic mass is 16.5. The van der Waals surface area contributed by atoms with Crippen molar-refractivity contribution in [2.45, 2.75) is 18.6 Å². The fourth-order valence-electron chi connectivity index (χ4n) is 4.99. The van der Waals surface area contributed by atoms with E-state index in [1.807, 2.05) is 78.9 Å². The fraction of sp³-hybridized carbons (Fsp3) is 0.152. The third kappa shape index (κ3) is 4.83. The van der Waals surface area contributed by atoms with Crippen LogP contribution in [0.3, 0.4) is 0 Å². The monoisotopic (exact) mass is 516 g/mol. The molecule has 0 N–H and O–H groups in total. The van der Waals surface area contributed by atoms with E-state index in [9.17, 15) is 10.1 Å². The highest BCUT2D eigenvalue weighted by molar-refractivity contribution is 5.97. The molecule has 0 aromatic heterocycles. The maximum Gasteiger partial charge on any atom is 0.259 e. The molecule has 1 amide bonds. The van der Waals surface area contributed by atoms with E-state index in [0.29, 0.717) is 28.4 Å². The average Bonchev–Trinajstić information content (AvgIpc) is 3.00. The second-order valence-electron chi connectivity index (χ2n) is 9.15. The van der Waals surface area contributed by atoms with Crippen LogP contribution in [0, 0.1) is 11.3 Å². The normalized spacial score (nSPS) is 15.7. The molecule has 1 aliphatic heterocycles. The molecule has 194 valence electrons. The first-order chi connectivity index (χ1) is 19.1. The molecule has 4 aromatic carbocycles. The minimum Gasteiger partial charge on any atom is -0.496 e. The first-order valence-corrected chi connectivity index (χ1v) is 12.6. The third-order valence-electron chi connectivity index (χ3n) is 6.89. The van der Waals surface area contributed by atoms with Crippen LogP contribution in [0.1, 0.15) is 32.6 Å². The lowest BCUT2D eigenvalue weighted by Gasteiger charge is -2.41. The Morgan fingerprint density at radius 3 is 2.21 bits per heavy atom. The number of amides is 1. The van der Waals surface area contributed by atoms with Gasteiger partial charge in [0.2, 0.25) is 0 Å². The van der Waals surface area contributed by atoms with E-state index >= 15 is 0 Å². The molecule has 0 saturated heterocycles. The molecular weight excluding hydrogens is 488 g/mol. The van der Waals surface area contributed by atoms with E-state index in [2.05, 4.69) is 6.07 Å². The van der Waals surface area contributed by atoms with Crippen LogP contribution in [0.15, 0.2) is 103 Å². The molecule has 1 heterocycles. The topological polar surface area (TPSA) is 71.8 Å². The number of hydrogen-bond acceptors (Lipinski definition) is 5. The van der Waals surface area contributed by atoms with Gasteiger partial charge in [-0.05, 0) is 47.0 Å². The molecule has 0 radical (unpaired) electrons. The van der Waals surface area contributed by atoms with Crippen LogP contribution >= 0.6 is 0 Å².